The summed E-state index contributed by atoms with van der Waals surface area (Å²) in [6, 6.07) is 19.2. The van der Waals surface area contributed by atoms with Gasteiger partial charge in [0.1, 0.15) is 0 Å². The summed E-state index contributed by atoms with van der Waals surface area (Å²) >= 11 is 0. The zero-order valence-electron chi connectivity index (χ0n) is 11.8. The molecule has 2 aromatic rings. The van der Waals surface area contributed by atoms with E-state index in [1.54, 1.807) is 0 Å². The molecule has 100 valence electrons. The Morgan fingerprint density at radius 2 is 1.53 bits per heavy atom. The molecule has 0 bridgehead atoms. The van der Waals surface area contributed by atoms with E-state index in [1.165, 1.54) is 16.8 Å². The van der Waals surface area contributed by atoms with Gasteiger partial charge in [0.05, 0.1) is 0 Å². The first-order valence-electron chi connectivity index (χ1n) is 6.86. The minimum absolute atomic E-state index is 0.919. The van der Waals surface area contributed by atoms with E-state index in [-0.39, 0.29) is 0 Å². The average Bonchev–Trinajstić information content (AvgIpc) is 2.47. The second kappa shape index (κ2) is 6.95. The number of hydrogen-bond donors (Lipinski definition) is 1. The molecule has 0 amide bonds. The zero-order valence-corrected chi connectivity index (χ0v) is 11.8. The zero-order chi connectivity index (χ0) is 13.5. The standard InChI is InChI=1S/C17H22N2/c1-3-19(17-11-5-4-6-12-17)14-16-10-8-7-9-15(16)13-18-2/h4-12,18H,3,13-14H2,1-2H3. The summed E-state index contributed by atoms with van der Waals surface area (Å²) < 4.78 is 0. The summed E-state index contributed by atoms with van der Waals surface area (Å²) in [5.74, 6) is 0. The van der Waals surface area contributed by atoms with Gasteiger partial charge < -0.3 is 10.2 Å². The Hall–Kier alpha value is -1.80. The first-order valence-corrected chi connectivity index (χ1v) is 6.86. The molecule has 0 saturated heterocycles. The van der Waals surface area contributed by atoms with E-state index >= 15 is 0 Å². The minimum Gasteiger partial charge on any atom is -0.367 e. The van der Waals surface area contributed by atoms with Crippen LogP contribution in [0.3, 0.4) is 0 Å². The highest BCUT2D eigenvalue weighted by Gasteiger charge is 2.07. The van der Waals surface area contributed by atoms with Gasteiger partial charge in [0, 0.05) is 25.3 Å². The molecular weight excluding hydrogens is 232 g/mol. The summed E-state index contributed by atoms with van der Waals surface area (Å²) in [5, 5.41) is 3.24. The summed E-state index contributed by atoms with van der Waals surface area (Å²) in [5.41, 5.74) is 4.05. The Labute approximate surface area is 116 Å². The Balaban J connectivity index is 2.19. The highest BCUT2D eigenvalue weighted by molar-refractivity contribution is 5.47. The van der Waals surface area contributed by atoms with Crippen molar-refractivity contribution in [1.29, 1.82) is 0 Å². The largest absolute Gasteiger partial charge is 0.367 e. The second-order valence-electron chi connectivity index (χ2n) is 4.65. The quantitative estimate of drug-likeness (QED) is 0.849. The highest BCUT2D eigenvalue weighted by atomic mass is 15.1. The van der Waals surface area contributed by atoms with Crippen LogP contribution in [0.2, 0.25) is 0 Å². The van der Waals surface area contributed by atoms with E-state index in [0.717, 1.165) is 19.6 Å². The second-order valence-corrected chi connectivity index (χ2v) is 4.65. The molecule has 0 atom stereocenters. The summed E-state index contributed by atoms with van der Waals surface area (Å²) in [6.07, 6.45) is 0. The van der Waals surface area contributed by atoms with Crippen molar-refractivity contribution in [3.63, 3.8) is 0 Å². The number of benzene rings is 2. The lowest BCUT2D eigenvalue weighted by Gasteiger charge is -2.24. The molecule has 0 radical (unpaired) electrons. The van der Waals surface area contributed by atoms with Crippen LogP contribution in [0.25, 0.3) is 0 Å². The maximum atomic E-state index is 3.24. The molecule has 0 fully saturated rings. The normalized spacial score (nSPS) is 10.4. The SMILES string of the molecule is CCN(Cc1ccccc1CNC)c1ccccc1. The van der Waals surface area contributed by atoms with Crippen LogP contribution in [0.5, 0.6) is 0 Å². The molecule has 2 rings (SSSR count). The third-order valence-corrected chi connectivity index (χ3v) is 3.35. The smallest absolute Gasteiger partial charge is 0.0432 e. The van der Waals surface area contributed by atoms with Gasteiger partial charge in [-0.1, -0.05) is 42.5 Å². The molecule has 0 aliphatic carbocycles. The molecule has 0 spiro atoms. The van der Waals surface area contributed by atoms with Crippen molar-refractivity contribution in [2.45, 2.75) is 20.0 Å². The fourth-order valence-corrected chi connectivity index (χ4v) is 2.30. The molecule has 2 heteroatoms. The predicted molar refractivity (Wildman–Crippen MR) is 82.4 cm³/mol. The molecule has 0 heterocycles. The van der Waals surface area contributed by atoms with Crippen LogP contribution in [-0.2, 0) is 13.1 Å². The third kappa shape index (κ3) is 3.58. The molecule has 19 heavy (non-hydrogen) atoms. The van der Waals surface area contributed by atoms with Gasteiger partial charge in [0.15, 0.2) is 0 Å². The van der Waals surface area contributed by atoms with Crippen molar-refractivity contribution < 1.29 is 0 Å². The summed E-state index contributed by atoms with van der Waals surface area (Å²) in [4.78, 5) is 2.40. The number of para-hydroxylation sites is 1. The van der Waals surface area contributed by atoms with E-state index < -0.39 is 0 Å². The summed E-state index contributed by atoms with van der Waals surface area (Å²) in [7, 11) is 1.99. The number of anilines is 1. The Morgan fingerprint density at radius 3 is 2.16 bits per heavy atom. The topological polar surface area (TPSA) is 15.3 Å². The fraction of sp³-hybridized carbons (Fsp3) is 0.294. The van der Waals surface area contributed by atoms with Gasteiger partial charge in [-0.25, -0.2) is 0 Å². The maximum Gasteiger partial charge on any atom is 0.0432 e. The lowest BCUT2D eigenvalue weighted by Crippen LogP contribution is -2.23. The van der Waals surface area contributed by atoms with Crippen LogP contribution < -0.4 is 10.2 Å². The van der Waals surface area contributed by atoms with E-state index in [0.29, 0.717) is 0 Å². The number of rotatable bonds is 6. The first-order chi connectivity index (χ1) is 9.35. The van der Waals surface area contributed by atoms with Crippen LogP contribution in [0.15, 0.2) is 54.6 Å². The molecule has 1 N–H and O–H groups in total. The lowest BCUT2D eigenvalue weighted by molar-refractivity contribution is 0.778. The molecule has 2 aromatic carbocycles. The number of nitrogens with one attached hydrogen (secondary N) is 1. The van der Waals surface area contributed by atoms with Crippen LogP contribution in [0, 0.1) is 0 Å². The molecule has 0 aliphatic heterocycles. The van der Waals surface area contributed by atoms with Crippen molar-refractivity contribution >= 4 is 5.69 Å². The van der Waals surface area contributed by atoms with Gasteiger partial charge in [-0.3, -0.25) is 0 Å². The van der Waals surface area contributed by atoms with Gasteiger partial charge in [0.2, 0.25) is 0 Å². The van der Waals surface area contributed by atoms with Crippen LogP contribution in [0.1, 0.15) is 18.1 Å². The van der Waals surface area contributed by atoms with E-state index in [2.05, 4.69) is 71.7 Å². The summed E-state index contributed by atoms with van der Waals surface area (Å²) in [6.45, 7) is 5.09. The van der Waals surface area contributed by atoms with E-state index in [4.69, 9.17) is 0 Å². The van der Waals surface area contributed by atoms with Crippen molar-refractivity contribution in [3.8, 4) is 0 Å². The van der Waals surface area contributed by atoms with Crippen LogP contribution in [-0.4, -0.2) is 13.6 Å². The minimum atomic E-state index is 0.919. The molecule has 0 aromatic heterocycles. The molecule has 2 nitrogen and oxygen atoms in total. The van der Waals surface area contributed by atoms with Crippen LogP contribution in [0.4, 0.5) is 5.69 Å². The maximum absolute atomic E-state index is 3.24. The Bertz CT molecular complexity index is 494. The number of nitrogens with zero attached hydrogens (tertiary/aromatic N) is 1. The first kappa shape index (κ1) is 13.6. The van der Waals surface area contributed by atoms with Crippen molar-refractivity contribution in [3.05, 3.63) is 65.7 Å². The molecule has 0 aliphatic rings. The monoisotopic (exact) mass is 254 g/mol. The highest BCUT2D eigenvalue weighted by Crippen LogP contribution is 2.18. The van der Waals surface area contributed by atoms with E-state index in [9.17, 15) is 0 Å². The van der Waals surface area contributed by atoms with Crippen LogP contribution >= 0.6 is 0 Å². The molecule has 0 saturated carbocycles. The molecular formula is C17H22N2. The fourth-order valence-electron chi connectivity index (χ4n) is 2.30. The third-order valence-electron chi connectivity index (χ3n) is 3.35. The Morgan fingerprint density at radius 1 is 0.895 bits per heavy atom. The number of hydrogen-bond acceptors (Lipinski definition) is 2. The van der Waals surface area contributed by atoms with Gasteiger partial charge in [-0.15, -0.1) is 0 Å². The van der Waals surface area contributed by atoms with Gasteiger partial charge in [0.25, 0.3) is 0 Å². The van der Waals surface area contributed by atoms with Gasteiger partial charge in [-0.05, 0) is 37.2 Å². The van der Waals surface area contributed by atoms with Crippen molar-refractivity contribution in [1.82, 2.24) is 5.32 Å². The van der Waals surface area contributed by atoms with Gasteiger partial charge in [-0.2, -0.15) is 0 Å². The molecule has 0 unspecified atom stereocenters. The van der Waals surface area contributed by atoms with Crippen molar-refractivity contribution in [2.24, 2.45) is 0 Å². The van der Waals surface area contributed by atoms with E-state index in [1.807, 2.05) is 7.05 Å². The van der Waals surface area contributed by atoms with Crippen molar-refractivity contribution in [2.75, 3.05) is 18.5 Å². The predicted octanol–water partition coefficient (Wildman–Crippen LogP) is 3.43. The average molecular weight is 254 g/mol. The lowest BCUT2D eigenvalue weighted by atomic mass is 10.1. The Kier molecular flexibility index (Phi) is 4.99. The van der Waals surface area contributed by atoms with Gasteiger partial charge >= 0.3 is 0 Å².